The van der Waals surface area contributed by atoms with Gasteiger partial charge in [0, 0.05) is 80.4 Å². The quantitative estimate of drug-likeness (QED) is 0.0673. The molecule has 4 heterocycles. The van der Waals surface area contributed by atoms with Gasteiger partial charge in [0.05, 0.1) is 38.9 Å². The molecule has 20 heteroatoms. The Hall–Kier alpha value is -5.40. The molecule has 3 atom stereocenters. The van der Waals surface area contributed by atoms with E-state index in [-0.39, 0.29) is 119 Å². The van der Waals surface area contributed by atoms with Gasteiger partial charge in [-0.3, -0.25) is 28.2 Å². The van der Waals surface area contributed by atoms with Crippen molar-refractivity contribution in [3.63, 3.8) is 0 Å². The summed E-state index contributed by atoms with van der Waals surface area (Å²) in [5.74, 6) is -4.59. The number of hydrogen-bond donors (Lipinski definition) is 2. The third-order valence-corrected chi connectivity index (χ3v) is 15.5. The van der Waals surface area contributed by atoms with E-state index in [0.717, 1.165) is 62.2 Å². The summed E-state index contributed by atoms with van der Waals surface area (Å²) in [6.07, 6.45) is 6.83. The number of rotatable bonds is 17. The zero-order valence-corrected chi connectivity index (χ0v) is 39.8. The predicted octanol–water partition coefficient (Wildman–Crippen LogP) is 8.52. The van der Waals surface area contributed by atoms with Gasteiger partial charge in [-0.15, -0.1) is 0 Å². The smallest absolute Gasteiger partial charge is 0.267 e. The van der Waals surface area contributed by atoms with E-state index in [1.54, 1.807) is 17.9 Å². The van der Waals surface area contributed by atoms with Gasteiger partial charge in [0.25, 0.3) is 5.56 Å². The van der Waals surface area contributed by atoms with Crippen LogP contribution in [-0.2, 0) is 45.5 Å². The number of nitrogens with one attached hydrogen (secondary N) is 2. The molecule has 0 spiro atoms. The number of carbonyl (C=O) groups is 1. The Morgan fingerprint density at radius 1 is 0.957 bits per heavy atom. The number of anilines is 1. The molecule has 2 aromatic carbocycles. The molecular formula is C49H52ClF4N9O5S. The summed E-state index contributed by atoms with van der Waals surface area (Å²) in [6.45, 7) is 0.313. The second-order valence-electron chi connectivity index (χ2n) is 19.9. The van der Waals surface area contributed by atoms with Crippen LogP contribution in [0.5, 0.6) is 0 Å². The van der Waals surface area contributed by atoms with E-state index in [1.807, 2.05) is 10.7 Å². The third-order valence-electron chi connectivity index (χ3n) is 14.6. The highest BCUT2D eigenvalue weighted by molar-refractivity contribution is 7.92. The van der Waals surface area contributed by atoms with Gasteiger partial charge in [-0.2, -0.15) is 10.2 Å². The lowest BCUT2D eigenvalue weighted by Crippen LogP contribution is -2.36. The Bertz CT molecular complexity index is 3210. The van der Waals surface area contributed by atoms with Crippen molar-refractivity contribution in [1.29, 1.82) is 0 Å². The van der Waals surface area contributed by atoms with Crippen LogP contribution in [0.25, 0.3) is 27.6 Å². The molecule has 0 bridgehead atoms. The first kappa shape index (κ1) is 46.0. The van der Waals surface area contributed by atoms with Crippen LogP contribution in [0.3, 0.4) is 0 Å². The van der Waals surface area contributed by atoms with Crippen molar-refractivity contribution in [2.75, 3.05) is 31.2 Å². The van der Waals surface area contributed by atoms with Crippen molar-refractivity contribution in [3.8, 4) is 5.69 Å². The zero-order chi connectivity index (χ0) is 48.1. The second kappa shape index (κ2) is 17.5. The molecule has 1 amide bonds. The second-order valence-corrected chi connectivity index (χ2v) is 22.1. The van der Waals surface area contributed by atoms with Gasteiger partial charge in [0.15, 0.2) is 11.5 Å². The Morgan fingerprint density at radius 3 is 2.39 bits per heavy atom. The number of aromatic nitrogens is 7. The molecule has 14 nitrogen and oxygen atoms in total. The van der Waals surface area contributed by atoms with Crippen molar-refractivity contribution < 1.29 is 35.5 Å². The average molecular weight is 991 g/mol. The number of carbonyl (C=O) groups excluding carboxylic acids is 1. The van der Waals surface area contributed by atoms with Crippen molar-refractivity contribution >= 4 is 55.3 Å². The van der Waals surface area contributed by atoms with Gasteiger partial charge in [-0.05, 0) is 123 Å². The zero-order valence-electron chi connectivity index (χ0n) is 38.2. The lowest BCUT2D eigenvalue weighted by molar-refractivity contribution is -0.122. The van der Waals surface area contributed by atoms with Gasteiger partial charge in [-0.25, -0.2) is 35.9 Å². The fraction of sp³-hybridized carbons (Fsp3) is 0.510. The average Bonchev–Trinajstić information content (AvgIpc) is 4.23. The van der Waals surface area contributed by atoms with E-state index in [1.165, 1.54) is 28.3 Å². The van der Waals surface area contributed by atoms with Crippen LogP contribution in [0.15, 0.2) is 41.2 Å². The first-order chi connectivity index (χ1) is 33.0. The monoisotopic (exact) mass is 989 g/mol. The Labute approximate surface area is 400 Å². The van der Waals surface area contributed by atoms with Gasteiger partial charge in [-0.1, -0.05) is 11.6 Å². The number of benzene rings is 2. The number of pyridine rings is 1. The Kier molecular flexibility index (Phi) is 11.7. The summed E-state index contributed by atoms with van der Waals surface area (Å²) in [4.78, 5) is 40.2. The molecule has 0 saturated heterocycles. The van der Waals surface area contributed by atoms with Crippen molar-refractivity contribution in [2.24, 2.45) is 5.92 Å². The van der Waals surface area contributed by atoms with Crippen LogP contribution in [0.1, 0.15) is 133 Å². The SMILES string of the molecule is COCCCn1nc(NS(C)(=O)=O)c2c(Cl)ccc(-n3c([C@@H](CNC(=O)Cn4nc(C5CC5)c5c4C[C@@H]4CC54)Cc4cc(F)cc(F)c4)nc4nc(C5CCC(F)(F)CC5)cc(C5CC5)c4c3=O)c21. The minimum atomic E-state index is -3.89. The lowest BCUT2D eigenvalue weighted by Gasteiger charge is -2.28. The first-order valence-electron chi connectivity index (χ1n) is 23.8. The molecule has 4 fully saturated rings. The molecule has 364 valence electrons. The highest BCUT2D eigenvalue weighted by Crippen LogP contribution is 2.60. The molecule has 2 N–H and O–H groups in total. The maximum Gasteiger partial charge on any atom is 0.267 e. The van der Waals surface area contributed by atoms with Crippen LogP contribution in [0.4, 0.5) is 23.4 Å². The molecule has 0 aliphatic heterocycles. The van der Waals surface area contributed by atoms with Gasteiger partial charge >= 0.3 is 0 Å². The molecule has 0 radical (unpaired) electrons. The molecule has 5 aliphatic carbocycles. The van der Waals surface area contributed by atoms with Crippen LogP contribution in [0, 0.1) is 17.6 Å². The summed E-state index contributed by atoms with van der Waals surface area (Å²) < 4.78 is 97.1. The summed E-state index contributed by atoms with van der Waals surface area (Å²) in [5.41, 5.74) is 5.01. The van der Waals surface area contributed by atoms with E-state index in [9.17, 15) is 22.0 Å². The molecular weight excluding hydrogens is 938 g/mol. The van der Waals surface area contributed by atoms with Crippen LogP contribution >= 0.6 is 11.6 Å². The van der Waals surface area contributed by atoms with Gasteiger partial charge in [0.2, 0.25) is 21.9 Å². The van der Waals surface area contributed by atoms with E-state index in [0.29, 0.717) is 42.0 Å². The summed E-state index contributed by atoms with van der Waals surface area (Å²) in [7, 11) is -2.35. The normalized spacial score (nSPS) is 20.3. The minimum absolute atomic E-state index is 0.0242. The number of methoxy groups -OCH3 is 1. The van der Waals surface area contributed by atoms with Crippen molar-refractivity contribution in [1.82, 2.24) is 39.4 Å². The lowest BCUT2D eigenvalue weighted by atomic mass is 9.84. The molecule has 4 saturated carbocycles. The number of halogens is 5. The number of alkyl halides is 2. The van der Waals surface area contributed by atoms with Crippen molar-refractivity contribution in [3.05, 3.63) is 103 Å². The van der Waals surface area contributed by atoms with Crippen LogP contribution < -0.4 is 15.6 Å². The molecule has 11 rings (SSSR count). The summed E-state index contributed by atoms with van der Waals surface area (Å²) >= 11 is 6.90. The fourth-order valence-corrected chi connectivity index (χ4v) is 11.7. The van der Waals surface area contributed by atoms with Gasteiger partial charge < -0.3 is 10.1 Å². The number of sulfonamides is 1. The number of fused-ring (bicyclic) bond motifs is 5. The van der Waals surface area contributed by atoms with E-state index >= 15 is 13.6 Å². The molecule has 69 heavy (non-hydrogen) atoms. The highest BCUT2D eigenvalue weighted by Gasteiger charge is 2.51. The van der Waals surface area contributed by atoms with E-state index in [2.05, 4.69) is 15.1 Å². The molecule has 4 aromatic heterocycles. The fourth-order valence-electron chi connectivity index (χ4n) is 10.9. The number of hydrogen-bond acceptors (Lipinski definition) is 9. The first-order valence-corrected chi connectivity index (χ1v) is 26.1. The van der Waals surface area contributed by atoms with Crippen LogP contribution in [0.2, 0.25) is 5.02 Å². The molecule has 6 aromatic rings. The summed E-state index contributed by atoms with van der Waals surface area (Å²) in [5, 5.41) is 13.2. The predicted molar refractivity (Wildman–Crippen MR) is 251 cm³/mol. The minimum Gasteiger partial charge on any atom is -0.385 e. The maximum absolute atomic E-state index is 15.8. The molecule has 1 unspecified atom stereocenters. The van der Waals surface area contributed by atoms with E-state index in [4.69, 9.17) is 31.4 Å². The van der Waals surface area contributed by atoms with E-state index < -0.39 is 39.1 Å². The highest BCUT2D eigenvalue weighted by atomic mass is 35.5. The maximum atomic E-state index is 15.8. The van der Waals surface area contributed by atoms with Gasteiger partial charge in [0.1, 0.15) is 24.0 Å². The van der Waals surface area contributed by atoms with Crippen molar-refractivity contribution in [2.45, 2.75) is 126 Å². The topological polar surface area (TPSA) is 168 Å². The number of nitrogens with zero attached hydrogens (tertiary/aromatic N) is 7. The number of ether oxygens (including phenoxy) is 1. The number of aryl methyl sites for hydroxylation is 1. The Morgan fingerprint density at radius 2 is 1.70 bits per heavy atom. The largest absolute Gasteiger partial charge is 0.385 e. The molecule has 5 aliphatic rings. The Balaban J connectivity index is 1.09. The third kappa shape index (κ3) is 9.14. The summed E-state index contributed by atoms with van der Waals surface area (Å²) in [6, 6.07) is 8.13. The van der Waals surface area contributed by atoms with Crippen LogP contribution in [-0.4, -0.2) is 80.9 Å². The standard InChI is InChI=1S/C49H52ClF4N9O5S/c1-68-15-3-14-61-44-37(9-8-35(50)42(44)46(59-61)60-69(2,66)67)63-47(57-45-41(48(63)65)34(26-4-5-26)22-36(56-45)27-10-12-49(53,54)13-11-27)30(16-25-17-31(51)21-32(52)18-25)23-55-39(64)24-62-38-20-29-19-33(29)40(38)43(58-62)28-6-7-28/h8-9,17-18,21-22,26-30,33H,3-7,10-16,19-20,23-24H2,1-2H3,(H,55,64)(H,59,60)/t29-,30+,33?/m0/s1. The number of amides is 1.